The molecule has 0 spiro atoms. The number of rotatable bonds is 50. The van der Waals surface area contributed by atoms with Gasteiger partial charge in [0.15, 0.2) is 0 Å². The van der Waals surface area contributed by atoms with Crippen molar-refractivity contribution >= 4 is 0 Å². The maximum Gasteiger partial charge on any atom is 0.391 e. The van der Waals surface area contributed by atoms with Crippen LogP contribution >= 0.6 is 0 Å². The van der Waals surface area contributed by atoms with Gasteiger partial charge in [-0.25, -0.2) is 0 Å². The molecule has 0 aromatic heterocycles. The minimum Gasteiger partial charge on any atom is -0.171 e. The van der Waals surface area contributed by atoms with Crippen molar-refractivity contribution < 1.29 is 145 Å². The molecule has 8 atom stereocenters. The van der Waals surface area contributed by atoms with Crippen molar-refractivity contribution in [2.24, 2.45) is 118 Å². The van der Waals surface area contributed by atoms with E-state index in [9.17, 15) is 145 Å². The molecule has 8 unspecified atom stereocenters. The van der Waals surface area contributed by atoms with Gasteiger partial charge in [0.05, 0.1) is 11.8 Å². The molecule has 33 heteroatoms. The van der Waals surface area contributed by atoms with E-state index < -0.39 is 162 Å². The zero-order valence-corrected chi connectivity index (χ0v) is 86.8. The number of hydrogen-bond donors (Lipinski definition) is 0. The summed E-state index contributed by atoms with van der Waals surface area (Å²) in [4.78, 5) is 0. The third-order valence-corrected chi connectivity index (χ3v) is 21.1. The van der Waals surface area contributed by atoms with Crippen molar-refractivity contribution in [1.29, 1.82) is 0 Å². The molecule has 0 fully saturated rings. The van der Waals surface area contributed by atoms with Crippen LogP contribution in [0.3, 0.4) is 0 Å². The summed E-state index contributed by atoms with van der Waals surface area (Å²) >= 11 is 0. The summed E-state index contributed by atoms with van der Waals surface area (Å²) < 4.78 is 396. The Morgan fingerprint density at radius 3 is 0.519 bits per heavy atom. The highest BCUT2D eigenvalue weighted by Crippen LogP contribution is 2.41. The summed E-state index contributed by atoms with van der Waals surface area (Å²) in [5, 5.41) is 0. The molecule has 0 amide bonds. The van der Waals surface area contributed by atoms with Gasteiger partial charge in [0.25, 0.3) is 0 Å². The molecule has 0 aliphatic carbocycles. The highest BCUT2D eigenvalue weighted by atomic mass is 19.5. The minimum atomic E-state index is -4.53. The van der Waals surface area contributed by atoms with Crippen LogP contribution in [0, 0.1) is 118 Å². The fraction of sp³-hybridized carbons (Fsp3) is 1.00. The second-order valence-electron chi connectivity index (χ2n) is 41.2. The molecule has 0 aliphatic rings. The van der Waals surface area contributed by atoms with Crippen LogP contribution in [0.25, 0.3) is 0 Å². The lowest BCUT2D eigenvalue weighted by Crippen LogP contribution is -2.26. The topological polar surface area (TPSA) is 0 Å². The van der Waals surface area contributed by atoms with Gasteiger partial charge in [0, 0.05) is 57.8 Å². The Bertz CT molecular complexity index is 2410. The van der Waals surface area contributed by atoms with Gasteiger partial charge in [-0.05, 0) is 222 Å². The van der Waals surface area contributed by atoms with Crippen molar-refractivity contribution in [3.05, 3.63) is 0 Å². The Hall–Kier alpha value is -2.31. The lowest BCUT2D eigenvalue weighted by Gasteiger charge is -2.22. The fourth-order valence-corrected chi connectivity index (χ4v) is 15.9. The lowest BCUT2D eigenvalue weighted by molar-refractivity contribution is -0.193. The van der Waals surface area contributed by atoms with Crippen LogP contribution in [0.15, 0.2) is 0 Å². The third kappa shape index (κ3) is 138. The van der Waals surface area contributed by atoms with Gasteiger partial charge in [-0.2, -0.15) is 145 Å². The molecule has 0 aromatic carbocycles. The largest absolute Gasteiger partial charge is 0.391 e. The molecule has 0 heterocycles. The number of hydrogen-bond acceptors (Lipinski definition) is 0. The van der Waals surface area contributed by atoms with Gasteiger partial charge >= 0.3 is 67.9 Å². The third-order valence-electron chi connectivity index (χ3n) is 21.1. The summed E-state index contributed by atoms with van der Waals surface area (Å²) in [6, 6.07) is 0. The summed E-state index contributed by atoms with van der Waals surface area (Å²) in [6.07, 6.45) is -33.6. The van der Waals surface area contributed by atoms with Gasteiger partial charge in [-0.1, -0.05) is 284 Å². The van der Waals surface area contributed by atoms with Gasteiger partial charge in [-0.3, -0.25) is 0 Å². The molecule has 818 valence electrons. The molecule has 0 radical (unpaired) electrons. The standard InChI is InChI=1S/C11H18F6.C11H21F3.C11H24.C10H16F6.2C10H19F3.C10H22.C9H14F6.2C9H17F3/c1-8(2)7-9(3-5-10(12,13)14)4-6-11(15,16)17;1-4-5-10(8-9(2)3)6-7-11(12,13)14;1-5-7-11(8-6-2)9-10(3)4;1-7(2)5-8(6-10(14,15)16)3-4-9(11,12)13;1-4-9(7-8(2)3)5-6-10(11,12)13;1-4-5-9(6-8(2)3)7-10(11,12)13;1-5-7-10(6-2)8-9(3)4;1-6(2)5-7(9(13,14)15)3-4-8(10,11)12;1-7(2)6-8(3)4-5-9(10,11)12;1-4-5-8(6-7(2)3)9(10,11)12/h8-9H,3-7H2,1-2H3;9-10H,4-8H2,1-3H3;10-11H,5-9H2,1-4H3;7-8H,3-6H2,1-2H3;2*8-9H,4-7H2,1-3H3;9-10H,5-8H2,1-4H3;6-7H,3-5H2,1-2H3;2*7-8H,4-6H2,1-3H3. The number of alkyl halides is 33. The monoisotopic (exact) mass is 2020 g/mol. The molecule has 0 bridgehead atoms. The first-order chi connectivity index (χ1) is 59.6. The van der Waals surface area contributed by atoms with Gasteiger partial charge < -0.3 is 0 Å². The molecule has 0 aromatic rings. The van der Waals surface area contributed by atoms with Gasteiger partial charge in [0.2, 0.25) is 0 Å². The van der Waals surface area contributed by atoms with Crippen LogP contribution in [-0.4, -0.2) is 67.9 Å². The van der Waals surface area contributed by atoms with E-state index in [0.717, 1.165) is 68.6 Å². The Morgan fingerprint density at radius 1 is 0.150 bits per heavy atom. The van der Waals surface area contributed by atoms with Crippen molar-refractivity contribution in [3.63, 3.8) is 0 Å². The molecule has 0 aliphatic heterocycles. The van der Waals surface area contributed by atoms with Crippen molar-refractivity contribution in [2.45, 2.75) is 526 Å². The second kappa shape index (κ2) is 80.2. The van der Waals surface area contributed by atoms with Crippen LogP contribution in [0.4, 0.5) is 145 Å². The van der Waals surface area contributed by atoms with E-state index in [1.807, 2.05) is 69.2 Å². The number of halogens is 33. The Balaban J connectivity index is -0.000000159. The zero-order chi connectivity index (χ0) is 107. The van der Waals surface area contributed by atoms with Crippen molar-refractivity contribution in [3.8, 4) is 0 Å². The molecule has 0 saturated heterocycles. The minimum absolute atomic E-state index is 0.0272. The molecule has 0 rings (SSSR count). The smallest absolute Gasteiger partial charge is 0.171 e. The van der Waals surface area contributed by atoms with Crippen LogP contribution in [0.1, 0.15) is 458 Å². The first-order valence-corrected chi connectivity index (χ1v) is 49.4. The predicted molar refractivity (Wildman–Crippen MR) is 486 cm³/mol. The molecule has 0 nitrogen and oxygen atoms in total. The van der Waals surface area contributed by atoms with E-state index in [1.165, 1.54) is 57.8 Å². The molecule has 0 N–H and O–H groups in total. The molecular weight excluding hydrogens is 1830 g/mol. The van der Waals surface area contributed by atoms with Crippen LogP contribution in [-0.2, 0) is 0 Å². The summed E-state index contributed by atoms with van der Waals surface area (Å²) in [7, 11) is 0. The second-order valence-corrected chi connectivity index (χ2v) is 41.2. The summed E-state index contributed by atoms with van der Waals surface area (Å²) in [5.74, 6) is 1.70. The highest BCUT2D eigenvalue weighted by molar-refractivity contribution is 4.75. The Labute approximate surface area is 785 Å². The van der Waals surface area contributed by atoms with Crippen molar-refractivity contribution in [1.82, 2.24) is 0 Å². The normalized spacial score (nSPS) is 14.7. The predicted octanol–water partition coefficient (Wildman–Crippen LogP) is 44.6. The van der Waals surface area contributed by atoms with Crippen LogP contribution < -0.4 is 0 Å². The summed E-state index contributed by atoms with van der Waals surface area (Å²) in [6.45, 7) is 58.1. The highest BCUT2D eigenvalue weighted by Gasteiger charge is 2.43. The first-order valence-electron chi connectivity index (χ1n) is 49.4. The van der Waals surface area contributed by atoms with E-state index in [-0.39, 0.29) is 98.7 Å². The molecule has 133 heavy (non-hydrogen) atoms. The first kappa shape index (κ1) is 151. The average Bonchev–Trinajstić information content (AvgIpc) is 0.888. The van der Waals surface area contributed by atoms with Crippen LogP contribution in [0.5, 0.6) is 0 Å². The van der Waals surface area contributed by atoms with Gasteiger partial charge in [0.1, 0.15) is 0 Å². The molecule has 0 saturated carbocycles. The maximum atomic E-state index is 12.3. The SMILES string of the molecule is CC(C)CC(C)CCC(F)(F)F.CC(C)CC(CCC(F)(F)F)C(F)(F)F.CC(C)CC(CCC(F)(F)F)CC(F)(F)F.CC(C)CC(CCC(F)(F)F)CCC(F)(F)F.CCC(CCC(F)(F)F)CC(C)C.CCCC(CC(C)C)C(F)(F)F.CCCC(CC(C)C)CC(F)(F)F.CCCC(CC)CC(C)C.CCCC(CCC(F)(F)F)CC(C)C.CCCC(CCC)CC(C)C. The van der Waals surface area contributed by atoms with E-state index in [1.54, 1.807) is 48.5 Å². The Kier molecular flexibility index (Phi) is 91.0. The fourth-order valence-electron chi connectivity index (χ4n) is 15.9. The maximum absolute atomic E-state index is 12.3. The average molecular weight is 2020 g/mol. The zero-order valence-electron chi connectivity index (χ0n) is 86.8. The van der Waals surface area contributed by atoms with E-state index in [2.05, 4.69) is 83.1 Å². The Morgan fingerprint density at radius 2 is 0.308 bits per heavy atom. The van der Waals surface area contributed by atoms with Crippen LogP contribution in [0.2, 0.25) is 0 Å². The van der Waals surface area contributed by atoms with E-state index in [4.69, 9.17) is 0 Å². The van der Waals surface area contributed by atoms with Crippen molar-refractivity contribution in [2.75, 3.05) is 0 Å². The van der Waals surface area contributed by atoms with E-state index >= 15 is 0 Å². The molecular formula is C100H187F33. The van der Waals surface area contributed by atoms with Gasteiger partial charge in [-0.15, -0.1) is 0 Å². The lowest BCUT2D eigenvalue weighted by atomic mass is 9.89. The quantitative estimate of drug-likeness (QED) is 0.0533. The van der Waals surface area contributed by atoms with E-state index in [0.29, 0.717) is 55.8 Å². The summed E-state index contributed by atoms with van der Waals surface area (Å²) in [5.41, 5.74) is 0.